The van der Waals surface area contributed by atoms with Gasteiger partial charge >= 0.3 is 0 Å². The highest BCUT2D eigenvalue weighted by Crippen LogP contribution is 2.24. The summed E-state index contributed by atoms with van der Waals surface area (Å²) in [6, 6.07) is 4.06. The Balaban J connectivity index is 2.27. The van der Waals surface area contributed by atoms with Crippen LogP contribution < -0.4 is 10.6 Å². The zero-order valence-corrected chi connectivity index (χ0v) is 9.98. The van der Waals surface area contributed by atoms with Crippen molar-refractivity contribution in [3.8, 4) is 0 Å². The second kappa shape index (κ2) is 4.66. The van der Waals surface area contributed by atoms with Gasteiger partial charge in [-0.2, -0.15) is 0 Å². The molecule has 1 aliphatic heterocycles. The van der Waals surface area contributed by atoms with Crippen LogP contribution in [0, 0.1) is 0 Å². The van der Waals surface area contributed by atoms with E-state index in [2.05, 4.69) is 29.0 Å². The van der Waals surface area contributed by atoms with Crippen LogP contribution in [-0.4, -0.2) is 18.1 Å². The second-order valence-electron chi connectivity index (χ2n) is 4.45. The van der Waals surface area contributed by atoms with Gasteiger partial charge in [-0.1, -0.05) is 17.7 Å². The monoisotopic (exact) mass is 217 g/mol. The first-order chi connectivity index (χ1) is 7.68. The predicted molar refractivity (Wildman–Crippen MR) is 67.4 cm³/mol. The van der Waals surface area contributed by atoms with E-state index in [4.69, 9.17) is 5.73 Å². The quantitative estimate of drug-likeness (QED) is 0.773. The molecule has 0 amide bonds. The Morgan fingerprint density at radius 2 is 2.31 bits per heavy atom. The summed E-state index contributed by atoms with van der Waals surface area (Å²) in [5.74, 6) is 1.04. The van der Waals surface area contributed by atoms with Crippen molar-refractivity contribution in [1.29, 1.82) is 0 Å². The fourth-order valence-electron chi connectivity index (χ4n) is 1.99. The van der Waals surface area contributed by atoms with Crippen LogP contribution >= 0.6 is 0 Å². The number of rotatable bonds is 2. The molecular weight excluding hydrogens is 198 g/mol. The van der Waals surface area contributed by atoms with Crippen LogP contribution in [0.5, 0.6) is 0 Å². The summed E-state index contributed by atoms with van der Waals surface area (Å²) in [6.07, 6.45) is 5.23. The Labute approximate surface area is 97.0 Å². The first-order valence-corrected chi connectivity index (χ1v) is 5.79. The van der Waals surface area contributed by atoms with Gasteiger partial charge < -0.3 is 10.6 Å². The molecule has 3 heteroatoms. The van der Waals surface area contributed by atoms with E-state index >= 15 is 0 Å². The number of anilines is 1. The van der Waals surface area contributed by atoms with Crippen molar-refractivity contribution in [1.82, 2.24) is 4.98 Å². The summed E-state index contributed by atoms with van der Waals surface area (Å²) in [7, 11) is 0. The average Bonchev–Trinajstić information content (AvgIpc) is 2.30. The fraction of sp³-hybridized carbons (Fsp3) is 0.462. The molecule has 2 heterocycles. The van der Waals surface area contributed by atoms with Gasteiger partial charge in [0.25, 0.3) is 0 Å². The minimum absolute atomic E-state index is 0.0377. The lowest BCUT2D eigenvalue weighted by Gasteiger charge is -2.29. The molecule has 1 atom stereocenters. The third-order valence-electron chi connectivity index (χ3n) is 3.04. The molecule has 0 aliphatic carbocycles. The van der Waals surface area contributed by atoms with Crippen LogP contribution in [0.1, 0.15) is 31.9 Å². The summed E-state index contributed by atoms with van der Waals surface area (Å²) in [4.78, 5) is 6.76. The van der Waals surface area contributed by atoms with Gasteiger partial charge in [0.15, 0.2) is 0 Å². The molecule has 2 N–H and O–H groups in total. The van der Waals surface area contributed by atoms with Crippen molar-refractivity contribution in [3.63, 3.8) is 0 Å². The second-order valence-corrected chi connectivity index (χ2v) is 4.45. The number of pyridine rings is 1. The first-order valence-electron chi connectivity index (χ1n) is 5.79. The van der Waals surface area contributed by atoms with Crippen LogP contribution in [0.2, 0.25) is 0 Å². The van der Waals surface area contributed by atoms with Gasteiger partial charge in [-0.15, -0.1) is 0 Å². The van der Waals surface area contributed by atoms with E-state index < -0.39 is 0 Å². The maximum Gasteiger partial charge on any atom is 0.133 e. The van der Waals surface area contributed by atoms with E-state index in [1.54, 1.807) is 0 Å². The third kappa shape index (κ3) is 2.25. The molecule has 0 aromatic carbocycles. The van der Waals surface area contributed by atoms with Gasteiger partial charge in [0.2, 0.25) is 0 Å². The maximum absolute atomic E-state index is 5.97. The van der Waals surface area contributed by atoms with Crippen molar-refractivity contribution in [2.45, 2.75) is 26.3 Å². The molecule has 0 radical (unpaired) electrons. The zero-order valence-electron chi connectivity index (χ0n) is 9.98. The molecule has 0 saturated heterocycles. The lowest BCUT2D eigenvalue weighted by molar-refractivity contribution is 0.745. The van der Waals surface area contributed by atoms with Gasteiger partial charge in [-0.05, 0) is 26.3 Å². The van der Waals surface area contributed by atoms with Gasteiger partial charge in [0.1, 0.15) is 5.82 Å². The molecule has 1 aromatic heterocycles. The summed E-state index contributed by atoms with van der Waals surface area (Å²) in [5, 5.41) is 0. The van der Waals surface area contributed by atoms with Crippen LogP contribution in [0.3, 0.4) is 0 Å². The highest BCUT2D eigenvalue weighted by Gasteiger charge is 2.16. The van der Waals surface area contributed by atoms with Crippen molar-refractivity contribution >= 4 is 5.82 Å². The van der Waals surface area contributed by atoms with Gasteiger partial charge in [0.05, 0.1) is 0 Å². The largest absolute Gasteiger partial charge is 0.352 e. The molecule has 3 nitrogen and oxygen atoms in total. The summed E-state index contributed by atoms with van der Waals surface area (Å²) < 4.78 is 0. The van der Waals surface area contributed by atoms with Gasteiger partial charge in [-0.3, -0.25) is 0 Å². The molecule has 1 unspecified atom stereocenters. The SMILES string of the molecule is CC1=CCN(c2ncccc2C(C)N)CC1. The van der Waals surface area contributed by atoms with E-state index in [1.807, 2.05) is 19.2 Å². The highest BCUT2D eigenvalue weighted by atomic mass is 15.2. The fourth-order valence-corrected chi connectivity index (χ4v) is 1.99. The Morgan fingerprint density at radius 1 is 1.50 bits per heavy atom. The normalized spacial score (nSPS) is 18.2. The zero-order chi connectivity index (χ0) is 11.5. The van der Waals surface area contributed by atoms with Crippen molar-refractivity contribution < 1.29 is 0 Å². The smallest absolute Gasteiger partial charge is 0.133 e. The number of aromatic nitrogens is 1. The van der Waals surface area contributed by atoms with E-state index in [9.17, 15) is 0 Å². The number of nitrogens with zero attached hydrogens (tertiary/aromatic N) is 2. The maximum atomic E-state index is 5.97. The highest BCUT2D eigenvalue weighted by molar-refractivity contribution is 5.49. The topological polar surface area (TPSA) is 42.2 Å². The summed E-state index contributed by atoms with van der Waals surface area (Å²) in [5.41, 5.74) is 8.57. The van der Waals surface area contributed by atoms with Crippen molar-refractivity contribution in [3.05, 3.63) is 35.5 Å². The van der Waals surface area contributed by atoms with Gasteiger partial charge in [0, 0.05) is 30.9 Å². The minimum Gasteiger partial charge on any atom is -0.352 e. The Hall–Kier alpha value is -1.35. The summed E-state index contributed by atoms with van der Waals surface area (Å²) in [6.45, 7) is 6.18. The standard InChI is InChI=1S/C13H19N3/c1-10-5-8-16(9-6-10)13-12(11(2)14)4-3-7-15-13/h3-5,7,11H,6,8-9,14H2,1-2H3. The van der Waals surface area contributed by atoms with E-state index in [0.717, 1.165) is 30.9 Å². The molecule has 1 aliphatic rings. The lowest BCUT2D eigenvalue weighted by Crippen LogP contribution is -2.30. The van der Waals surface area contributed by atoms with Crippen LogP contribution in [0.15, 0.2) is 30.0 Å². The molecular formula is C13H19N3. The Morgan fingerprint density at radius 3 is 2.94 bits per heavy atom. The van der Waals surface area contributed by atoms with Crippen LogP contribution in [0.25, 0.3) is 0 Å². The molecule has 2 rings (SSSR count). The van der Waals surface area contributed by atoms with Crippen molar-refractivity contribution in [2.24, 2.45) is 5.73 Å². The molecule has 1 aromatic rings. The molecule has 0 bridgehead atoms. The van der Waals surface area contributed by atoms with Crippen LogP contribution in [-0.2, 0) is 0 Å². The molecule has 0 saturated carbocycles. The number of hydrogen-bond acceptors (Lipinski definition) is 3. The molecule has 16 heavy (non-hydrogen) atoms. The lowest BCUT2D eigenvalue weighted by atomic mass is 10.1. The average molecular weight is 217 g/mol. The number of hydrogen-bond donors (Lipinski definition) is 1. The minimum atomic E-state index is 0.0377. The van der Waals surface area contributed by atoms with Crippen LogP contribution in [0.4, 0.5) is 5.82 Å². The first kappa shape index (κ1) is 11.1. The van der Waals surface area contributed by atoms with Crippen molar-refractivity contribution in [2.75, 3.05) is 18.0 Å². The van der Waals surface area contributed by atoms with Gasteiger partial charge in [-0.25, -0.2) is 4.98 Å². The van der Waals surface area contributed by atoms with E-state index in [0.29, 0.717) is 0 Å². The number of nitrogens with two attached hydrogens (primary N) is 1. The Kier molecular flexibility index (Phi) is 3.25. The third-order valence-corrected chi connectivity index (χ3v) is 3.04. The molecule has 0 spiro atoms. The van der Waals surface area contributed by atoms with E-state index in [-0.39, 0.29) is 6.04 Å². The van der Waals surface area contributed by atoms with E-state index in [1.165, 1.54) is 5.57 Å². The molecule has 86 valence electrons. The summed E-state index contributed by atoms with van der Waals surface area (Å²) >= 11 is 0. The molecule has 0 fully saturated rings. The Bertz CT molecular complexity index is 396. The predicted octanol–water partition coefficient (Wildman–Crippen LogP) is 2.26.